The lowest BCUT2D eigenvalue weighted by atomic mass is 10.2. The van der Waals surface area contributed by atoms with Gasteiger partial charge in [-0.05, 0) is 11.6 Å². The first-order valence-corrected chi connectivity index (χ1v) is 2.53. The molecule has 0 aliphatic heterocycles. The number of carboxylic acids is 1. The van der Waals surface area contributed by atoms with Crippen molar-refractivity contribution in [2.24, 2.45) is 0 Å². The van der Waals surface area contributed by atoms with Crippen molar-refractivity contribution in [2.45, 2.75) is 0 Å². The Balaban J connectivity index is 0.000000810. The molecule has 0 aromatic rings. The Morgan fingerprint density at radius 3 is 2.40 bits per heavy atom. The molecule has 1 atom stereocenters. The van der Waals surface area contributed by atoms with Crippen LogP contribution >= 0.6 is 9.90 Å². The van der Waals surface area contributed by atoms with Gasteiger partial charge in [0.05, 0.1) is 5.57 Å². The van der Waals surface area contributed by atoms with Gasteiger partial charge in [-0.15, -0.1) is 0 Å². The molecular formula is C7H9O2P. The third-order valence-electron chi connectivity index (χ3n) is 1.14. The second kappa shape index (κ2) is 3.33. The standard InChI is InChI=1S/C7H6O2.H3P/c1-5-3-2-4-6(5)7(8)9;/h2-4H,1H2,(H,8,9);1H3. The van der Waals surface area contributed by atoms with Crippen LogP contribution in [0.2, 0.25) is 0 Å². The fourth-order valence-corrected chi connectivity index (χ4v) is 0.666. The Labute approximate surface area is 62.6 Å². The van der Waals surface area contributed by atoms with Gasteiger partial charge in [-0.1, -0.05) is 18.7 Å². The Morgan fingerprint density at radius 2 is 2.20 bits per heavy atom. The molecule has 0 fully saturated rings. The van der Waals surface area contributed by atoms with E-state index < -0.39 is 5.97 Å². The summed E-state index contributed by atoms with van der Waals surface area (Å²) in [5.74, 6) is -0.912. The van der Waals surface area contributed by atoms with Crippen LogP contribution in [0.4, 0.5) is 0 Å². The van der Waals surface area contributed by atoms with Crippen LogP contribution in [0.15, 0.2) is 36.0 Å². The zero-order chi connectivity index (χ0) is 6.85. The Hall–Kier alpha value is -0.880. The zero-order valence-corrected chi connectivity index (χ0v) is 6.92. The van der Waals surface area contributed by atoms with Gasteiger partial charge in [-0.25, -0.2) is 4.79 Å². The molecule has 0 saturated carbocycles. The lowest BCUT2D eigenvalue weighted by Gasteiger charge is -1.92. The Bertz CT molecular complexity index is 226. The van der Waals surface area contributed by atoms with Gasteiger partial charge in [0, 0.05) is 0 Å². The number of rotatable bonds is 1. The summed E-state index contributed by atoms with van der Waals surface area (Å²) in [4.78, 5) is 10.2. The number of hydrogen-bond donors (Lipinski definition) is 1. The van der Waals surface area contributed by atoms with Gasteiger partial charge >= 0.3 is 5.97 Å². The van der Waals surface area contributed by atoms with Crippen LogP contribution in [-0.4, -0.2) is 11.1 Å². The minimum Gasteiger partial charge on any atom is -0.478 e. The minimum atomic E-state index is -0.912. The van der Waals surface area contributed by atoms with E-state index in [4.69, 9.17) is 5.11 Å². The van der Waals surface area contributed by atoms with E-state index in [0.29, 0.717) is 5.57 Å². The van der Waals surface area contributed by atoms with Crippen molar-refractivity contribution < 1.29 is 9.90 Å². The lowest BCUT2D eigenvalue weighted by Crippen LogP contribution is -1.98. The predicted octanol–water partition coefficient (Wildman–Crippen LogP) is 1.18. The van der Waals surface area contributed by atoms with Gasteiger partial charge in [-0.3, -0.25) is 0 Å². The summed E-state index contributed by atoms with van der Waals surface area (Å²) < 4.78 is 0. The van der Waals surface area contributed by atoms with Gasteiger partial charge < -0.3 is 5.11 Å². The molecule has 2 nitrogen and oxygen atoms in total. The van der Waals surface area contributed by atoms with Crippen LogP contribution in [0.5, 0.6) is 0 Å². The number of carbonyl (C=O) groups is 1. The molecule has 1 aliphatic carbocycles. The molecule has 0 saturated heterocycles. The topological polar surface area (TPSA) is 37.3 Å². The Morgan fingerprint density at radius 1 is 1.60 bits per heavy atom. The maximum Gasteiger partial charge on any atom is 0.336 e. The molecule has 1 N–H and O–H groups in total. The van der Waals surface area contributed by atoms with Crippen LogP contribution in [0.3, 0.4) is 0 Å². The molecule has 0 spiro atoms. The van der Waals surface area contributed by atoms with E-state index in [1.165, 1.54) is 6.08 Å². The molecule has 1 rings (SSSR count). The van der Waals surface area contributed by atoms with E-state index in [2.05, 4.69) is 6.58 Å². The molecule has 0 aromatic heterocycles. The maximum atomic E-state index is 10.2. The third-order valence-corrected chi connectivity index (χ3v) is 1.14. The van der Waals surface area contributed by atoms with Crippen LogP contribution in [0, 0.1) is 0 Å². The summed E-state index contributed by atoms with van der Waals surface area (Å²) in [5, 5.41) is 8.41. The fraction of sp³-hybridized carbons (Fsp3) is 0. The number of aliphatic carboxylic acids is 1. The molecule has 0 amide bonds. The third kappa shape index (κ3) is 1.55. The summed E-state index contributed by atoms with van der Waals surface area (Å²) in [6.07, 6.45) is 4.87. The summed E-state index contributed by atoms with van der Waals surface area (Å²) in [5.41, 5.74) is 0.859. The smallest absolute Gasteiger partial charge is 0.336 e. The first-order valence-electron chi connectivity index (χ1n) is 2.53. The van der Waals surface area contributed by atoms with Crippen molar-refractivity contribution in [3.63, 3.8) is 0 Å². The van der Waals surface area contributed by atoms with Gasteiger partial charge in [0.15, 0.2) is 0 Å². The number of hydrogen-bond acceptors (Lipinski definition) is 1. The average Bonchev–Trinajstić information content (AvgIpc) is 2.13. The molecular weight excluding hydrogens is 147 g/mol. The van der Waals surface area contributed by atoms with E-state index in [-0.39, 0.29) is 15.5 Å². The SMILES string of the molecule is C=C1C=CC=C1C(=O)O.P. The van der Waals surface area contributed by atoms with Crippen molar-refractivity contribution in [2.75, 3.05) is 0 Å². The fourth-order valence-electron chi connectivity index (χ4n) is 0.666. The van der Waals surface area contributed by atoms with Crippen LogP contribution in [0.1, 0.15) is 0 Å². The first kappa shape index (κ1) is 9.12. The highest BCUT2D eigenvalue weighted by Crippen LogP contribution is 2.15. The molecule has 0 radical (unpaired) electrons. The van der Waals surface area contributed by atoms with Crippen molar-refractivity contribution in [3.8, 4) is 0 Å². The molecule has 0 bridgehead atoms. The molecule has 10 heavy (non-hydrogen) atoms. The minimum absolute atomic E-state index is 0. The van der Waals surface area contributed by atoms with E-state index in [1.807, 2.05) is 0 Å². The molecule has 1 aliphatic rings. The second-order valence-electron chi connectivity index (χ2n) is 1.77. The first-order chi connectivity index (χ1) is 4.22. The van der Waals surface area contributed by atoms with Gasteiger partial charge in [0.1, 0.15) is 0 Å². The molecule has 54 valence electrons. The number of carboxylic acid groups (broad SMARTS) is 1. The zero-order valence-electron chi connectivity index (χ0n) is 5.50. The summed E-state index contributed by atoms with van der Waals surface area (Å²) in [6, 6.07) is 0. The summed E-state index contributed by atoms with van der Waals surface area (Å²) in [6.45, 7) is 3.52. The van der Waals surface area contributed by atoms with E-state index in [0.717, 1.165) is 0 Å². The van der Waals surface area contributed by atoms with E-state index in [1.54, 1.807) is 12.2 Å². The molecule has 0 aromatic carbocycles. The largest absolute Gasteiger partial charge is 0.478 e. The Kier molecular flexibility index (Phi) is 3.04. The quantitative estimate of drug-likeness (QED) is 0.579. The number of allylic oxidation sites excluding steroid dienone is 3. The highest BCUT2D eigenvalue weighted by molar-refractivity contribution is 6.92. The molecule has 1 unspecified atom stereocenters. The highest BCUT2D eigenvalue weighted by Gasteiger charge is 2.10. The van der Waals surface area contributed by atoms with Crippen LogP contribution in [-0.2, 0) is 4.79 Å². The van der Waals surface area contributed by atoms with E-state index >= 15 is 0 Å². The molecule has 0 heterocycles. The van der Waals surface area contributed by atoms with E-state index in [9.17, 15) is 4.79 Å². The maximum absolute atomic E-state index is 10.2. The van der Waals surface area contributed by atoms with Crippen LogP contribution in [0.25, 0.3) is 0 Å². The van der Waals surface area contributed by atoms with Crippen molar-refractivity contribution in [3.05, 3.63) is 36.0 Å². The van der Waals surface area contributed by atoms with Gasteiger partial charge in [0.25, 0.3) is 0 Å². The summed E-state index contributed by atoms with van der Waals surface area (Å²) >= 11 is 0. The monoisotopic (exact) mass is 156 g/mol. The highest BCUT2D eigenvalue weighted by atomic mass is 31.0. The normalized spacial score (nSPS) is 14.4. The average molecular weight is 156 g/mol. The van der Waals surface area contributed by atoms with Crippen molar-refractivity contribution in [1.82, 2.24) is 0 Å². The van der Waals surface area contributed by atoms with Crippen molar-refractivity contribution >= 4 is 15.9 Å². The van der Waals surface area contributed by atoms with Crippen molar-refractivity contribution in [1.29, 1.82) is 0 Å². The van der Waals surface area contributed by atoms with Crippen LogP contribution < -0.4 is 0 Å². The van der Waals surface area contributed by atoms with Gasteiger partial charge in [-0.2, -0.15) is 9.90 Å². The lowest BCUT2D eigenvalue weighted by molar-refractivity contribution is -0.132. The predicted molar refractivity (Wildman–Crippen MR) is 45.1 cm³/mol. The second-order valence-corrected chi connectivity index (χ2v) is 1.77. The van der Waals surface area contributed by atoms with Gasteiger partial charge in [0.2, 0.25) is 0 Å². The molecule has 3 heteroatoms. The summed E-state index contributed by atoms with van der Waals surface area (Å²) in [7, 11) is 0.